The fourth-order valence-electron chi connectivity index (χ4n) is 2.34. The van der Waals surface area contributed by atoms with Crippen molar-refractivity contribution in [1.82, 2.24) is 10.6 Å². The molecule has 0 spiro atoms. The maximum absolute atomic E-state index is 11.8. The second kappa shape index (κ2) is 7.31. The van der Waals surface area contributed by atoms with Gasteiger partial charge in [0.1, 0.15) is 0 Å². The van der Waals surface area contributed by atoms with Crippen molar-refractivity contribution in [1.29, 1.82) is 0 Å². The van der Waals surface area contributed by atoms with E-state index in [9.17, 15) is 13.2 Å². The predicted molar refractivity (Wildman–Crippen MR) is 82.6 cm³/mol. The smallest absolute Gasteiger partial charge is 0.315 e. The number of anilines is 1. The van der Waals surface area contributed by atoms with Crippen LogP contribution in [-0.2, 0) is 10.0 Å². The van der Waals surface area contributed by atoms with E-state index in [-0.39, 0.29) is 24.4 Å². The van der Waals surface area contributed by atoms with Crippen LogP contribution in [0.4, 0.5) is 10.5 Å². The number of carbonyl (C=O) groups excluding carboxylic acids is 1. The van der Waals surface area contributed by atoms with E-state index in [4.69, 9.17) is 0 Å². The Labute approximate surface area is 125 Å². The Morgan fingerprint density at radius 3 is 2.48 bits per heavy atom. The van der Waals surface area contributed by atoms with Crippen LogP contribution in [0.2, 0.25) is 0 Å². The normalized spacial score (nSPS) is 15.6. The minimum atomic E-state index is -3.45. The van der Waals surface area contributed by atoms with Crippen LogP contribution in [0.15, 0.2) is 30.3 Å². The molecule has 3 N–H and O–H groups in total. The van der Waals surface area contributed by atoms with E-state index in [1.165, 1.54) is 0 Å². The second-order valence-corrected chi connectivity index (χ2v) is 7.01. The second-order valence-electron chi connectivity index (χ2n) is 5.17. The predicted octanol–water partition coefficient (Wildman–Crippen LogP) is 1.67. The molecule has 0 bridgehead atoms. The average molecular weight is 311 g/mol. The standard InChI is InChI=1S/C14H21N3O3S/c18-14(16-12-6-4-5-7-12)15-10-11-21(19,20)17-13-8-2-1-3-9-13/h1-3,8-9,12,17H,4-7,10-11H2,(H2,15,16,18). The Balaban J connectivity index is 1.70. The van der Waals surface area contributed by atoms with Gasteiger partial charge in [-0.15, -0.1) is 0 Å². The highest BCUT2D eigenvalue weighted by molar-refractivity contribution is 7.92. The molecular formula is C14H21N3O3S. The maximum atomic E-state index is 11.8. The number of amides is 2. The number of rotatable bonds is 6. The SMILES string of the molecule is O=C(NCCS(=O)(=O)Nc1ccccc1)NC1CCCC1. The molecule has 0 aromatic heterocycles. The Hall–Kier alpha value is -1.76. The van der Waals surface area contributed by atoms with Gasteiger partial charge in [0.2, 0.25) is 10.0 Å². The van der Waals surface area contributed by atoms with Crippen LogP contribution in [0, 0.1) is 0 Å². The molecule has 0 radical (unpaired) electrons. The number of nitrogens with one attached hydrogen (secondary N) is 3. The number of benzene rings is 1. The summed E-state index contributed by atoms with van der Waals surface area (Å²) < 4.78 is 26.2. The molecule has 0 atom stereocenters. The molecule has 1 aliphatic carbocycles. The molecule has 0 saturated heterocycles. The summed E-state index contributed by atoms with van der Waals surface area (Å²) in [5.41, 5.74) is 0.521. The highest BCUT2D eigenvalue weighted by Gasteiger charge is 2.17. The van der Waals surface area contributed by atoms with Crippen molar-refractivity contribution >= 4 is 21.7 Å². The minimum Gasteiger partial charge on any atom is -0.337 e. The van der Waals surface area contributed by atoms with E-state index in [1.807, 2.05) is 6.07 Å². The van der Waals surface area contributed by atoms with Crippen molar-refractivity contribution in [2.75, 3.05) is 17.0 Å². The van der Waals surface area contributed by atoms with Gasteiger partial charge < -0.3 is 10.6 Å². The average Bonchev–Trinajstić information content (AvgIpc) is 2.91. The van der Waals surface area contributed by atoms with E-state index in [0.29, 0.717) is 5.69 Å². The lowest BCUT2D eigenvalue weighted by Gasteiger charge is -2.13. The highest BCUT2D eigenvalue weighted by Crippen LogP contribution is 2.17. The van der Waals surface area contributed by atoms with Crippen molar-refractivity contribution in [3.8, 4) is 0 Å². The molecule has 1 aliphatic rings. The zero-order valence-corrected chi connectivity index (χ0v) is 12.7. The fraction of sp³-hybridized carbons (Fsp3) is 0.500. The molecule has 2 rings (SSSR count). The number of urea groups is 1. The molecule has 7 heteroatoms. The Bertz CT molecular complexity index is 554. The number of para-hydroxylation sites is 1. The molecule has 6 nitrogen and oxygen atoms in total. The third-order valence-corrected chi connectivity index (χ3v) is 4.68. The summed E-state index contributed by atoms with van der Waals surface area (Å²) >= 11 is 0. The minimum absolute atomic E-state index is 0.0840. The van der Waals surface area contributed by atoms with Crippen LogP contribution in [-0.4, -0.2) is 32.8 Å². The lowest BCUT2D eigenvalue weighted by Crippen LogP contribution is -2.42. The number of hydrogen-bond acceptors (Lipinski definition) is 3. The molecule has 0 aliphatic heterocycles. The van der Waals surface area contributed by atoms with E-state index >= 15 is 0 Å². The Morgan fingerprint density at radius 1 is 1.14 bits per heavy atom. The number of carbonyl (C=O) groups is 1. The van der Waals surface area contributed by atoms with Crippen LogP contribution in [0.3, 0.4) is 0 Å². The lowest BCUT2D eigenvalue weighted by atomic mass is 10.3. The third-order valence-electron chi connectivity index (χ3n) is 3.39. The molecule has 1 aromatic carbocycles. The van der Waals surface area contributed by atoms with Crippen molar-refractivity contribution in [2.45, 2.75) is 31.7 Å². The van der Waals surface area contributed by atoms with Crippen molar-refractivity contribution in [3.05, 3.63) is 30.3 Å². The van der Waals surface area contributed by atoms with Gasteiger partial charge >= 0.3 is 6.03 Å². The Morgan fingerprint density at radius 2 is 1.81 bits per heavy atom. The summed E-state index contributed by atoms with van der Waals surface area (Å²) in [6.45, 7) is 0.0840. The van der Waals surface area contributed by atoms with Crippen molar-refractivity contribution in [2.24, 2.45) is 0 Å². The first-order chi connectivity index (χ1) is 10.1. The maximum Gasteiger partial charge on any atom is 0.315 e. The number of sulfonamides is 1. The zero-order chi connectivity index (χ0) is 15.1. The lowest BCUT2D eigenvalue weighted by molar-refractivity contribution is 0.237. The fourth-order valence-corrected chi connectivity index (χ4v) is 3.31. The summed E-state index contributed by atoms with van der Waals surface area (Å²) in [5, 5.41) is 5.43. The van der Waals surface area contributed by atoms with Gasteiger partial charge in [0, 0.05) is 18.3 Å². The van der Waals surface area contributed by atoms with Gasteiger partial charge in [-0.25, -0.2) is 13.2 Å². The molecule has 1 aromatic rings. The van der Waals surface area contributed by atoms with E-state index in [1.54, 1.807) is 24.3 Å². The van der Waals surface area contributed by atoms with Crippen LogP contribution in [0.25, 0.3) is 0 Å². The monoisotopic (exact) mass is 311 g/mol. The third kappa shape index (κ3) is 5.63. The molecule has 0 heterocycles. The molecule has 1 saturated carbocycles. The van der Waals surface area contributed by atoms with Gasteiger partial charge in [0.15, 0.2) is 0 Å². The largest absolute Gasteiger partial charge is 0.337 e. The summed E-state index contributed by atoms with van der Waals surface area (Å²) in [6.07, 6.45) is 4.28. The van der Waals surface area contributed by atoms with E-state index in [0.717, 1.165) is 25.7 Å². The first kappa shape index (κ1) is 15.6. The van der Waals surface area contributed by atoms with Gasteiger partial charge in [-0.3, -0.25) is 4.72 Å². The molecule has 0 unspecified atom stereocenters. The molecular weight excluding hydrogens is 290 g/mol. The molecule has 1 fully saturated rings. The van der Waals surface area contributed by atoms with Gasteiger partial charge in [-0.2, -0.15) is 0 Å². The Kier molecular flexibility index (Phi) is 5.44. The van der Waals surface area contributed by atoms with Crippen molar-refractivity contribution < 1.29 is 13.2 Å². The van der Waals surface area contributed by atoms with Crippen LogP contribution in [0.1, 0.15) is 25.7 Å². The van der Waals surface area contributed by atoms with Gasteiger partial charge in [-0.1, -0.05) is 31.0 Å². The topological polar surface area (TPSA) is 87.3 Å². The first-order valence-electron chi connectivity index (χ1n) is 7.15. The van der Waals surface area contributed by atoms with Gasteiger partial charge in [-0.05, 0) is 25.0 Å². The summed E-state index contributed by atoms with van der Waals surface area (Å²) in [5.74, 6) is -0.153. The summed E-state index contributed by atoms with van der Waals surface area (Å²) in [6, 6.07) is 8.61. The quantitative estimate of drug-likeness (QED) is 0.747. The molecule has 21 heavy (non-hydrogen) atoms. The van der Waals surface area contributed by atoms with E-state index in [2.05, 4.69) is 15.4 Å². The van der Waals surface area contributed by atoms with Crippen LogP contribution >= 0.6 is 0 Å². The number of hydrogen-bond donors (Lipinski definition) is 3. The van der Waals surface area contributed by atoms with Crippen molar-refractivity contribution in [3.63, 3.8) is 0 Å². The van der Waals surface area contributed by atoms with Gasteiger partial charge in [0.25, 0.3) is 0 Å². The first-order valence-corrected chi connectivity index (χ1v) is 8.80. The van der Waals surface area contributed by atoms with Crippen LogP contribution in [0.5, 0.6) is 0 Å². The highest BCUT2D eigenvalue weighted by atomic mass is 32.2. The summed E-state index contributed by atoms with van der Waals surface area (Å²) in [7, 11) is -3.45. The summed E-state index contributed by atoms with van der Waals surface area (Å²) in [4.78, 5) is 11.6. The molecule has 2 amide bonds. The van der Waals surface area contributed by atoms with Crippen LogP contribution < -0.4 is 15.4 Å². The van der Waals surface area contributed by atoms with E-state index < -0.39 is 10.0 Å². The van der Waals surface area contributed by atoms with Gasteiger partial charge in [0.05, 0.1) is 5.75 Å². The zero-order valence-electron chi connectivity index (χ0n) is 11.8. The molecule has 116 valence electrons.